The number of para-hydroxylation sites is 1. The zero-order valence-electron chi connectivity index (χ0n) is 14.3. The van der Waals surface area contributed by atoms with Crippen molar-refractivity contribution in [3.8, 4) is 5.75 Å². The zero-order valence-corrected chi connectivity index (χ0v) is 15.0. The lowest BCUT2D eigenvalue weighted by atomic mass is 10.1. The molecule has 132 valence electrons. The molecule has 0 spiro atoms. The fourth-order valence-corrected chi connectivity index (χ4v) is 2.39. The summed E-state index contributed by atoms with van der Waals surface area (Å²) in [5.41, 5.74) is 1.60. The number of anilines is 1. The van der Waals surface area contributed by atoms with Crippen LogP contribution in [0.3, 0.4) is 0 Å². The SMILES string of the molecule is CC(=O)Nc1ccc(CC(=O)N(C)CCOc2ccccc2Cl)cc1. The predicted octanol–water partition coefficient (Wildman–Crippen LogP) is 3.38. The number of amides is 2. The van der Waals surface area contributed by atoms with Gasteiger partial charge in [-0.2, -0.15) is 0 Å². The summed E-state index contributed by atoms with van der Waals surface area (Å²) in [4.78, 5) is 24.9. The van der Waals surface area contributed by atoms with E-state index in [1.165, 1.54) is 6.92 Å². The molecule has 0 radical (unpaired) electrons. The second kappa shape index (κ2) is 9.08. The smallest absolute Gasteiger partial charge is 0.226 e. The van der Waals surface area contributed by atoms with Gasteiger partial charge in [-0.05, 0) is 29.8 Å². The number of carbonyl (C=O) groups excluding carboxylic acids is 2. The molecule has 0 aliphatic heterocycles. The number of rotatable bonds is 7. The average Bonchev–Trinajstić information content (AvgIpc) is 2.57. The molecule has 5 nitrogen and oxygen atoms in total. The highest BCUT2D eigenvalue weighted by atomic mass is 35.5. The van der Waals surface area contributed by atoms with Crippen LogP contribution in [-0.4, -0.2) is 36.9 Å². The molecule has 0 aliphatic carbocycles. The Kier molecular flexibility index (Phi) is 6.83. The Morgan fingerprint density at radius 2 is 1.80 bits per heavy atom. The first-order chi connectivity index (χ1) is 12.0. The molecule has 0 bridgehead atoms. The van der Waals surface area contributed by atoms with Crippen LogP contribution < -0.4 is 10.1 Å². The van der Waals surface area contributed by atoms with Gasteiger partial charge in [0.1, 0.15) is 12.4 Å². The van der Waals surface area contributed by atoms with Gasteiger partial charge in [-0.15, -0.1) is 0 Å². The largest absolute Gasteiger partial charge is 0.490 e. The highest BCUT2D eigenvalue weighted by Crippen LogP contribution is 2.22. The van der Waals surface area contributed by atoms with Gasteiger partial charge in [0.2, 0.25) is 11.8 Å². The molecule has 0 atom stereocenters. The van der Waals surface area contributed by atoms with Crippen molar-refractivity contribution in [2.75, 3.05) is 25.5 Å². The Hall–Kier alpha value is -2.53. The molecule has 6 heteroatoms. The van der Waals surface area contributed by atoms with Crippen molar-refractivity contribution in [1.29, 1.82) is 0 Å². The van der Waals surface area contributed by atoms with Crippen molar-refractivity contribution in [3.63, 3.8) is 0 Å². The van der Waals surface area contributed by atoms with Crippen LogP contribution in [0, 0.1) is 0 Å². The van der Waals surface area contributed by atoms with E-state index in [2.05, 4.69) is 5.32 Å². The summed E-state index contributed by atoms with van der Waals surface area (Å²) in [5.74, 6) is 0.482. The Morgan fingerprint density at radius 3 is 2.44 bits per heavy atom. The van der Waals surface area contributed by atoms with E-state index in [-0.39, 0.29) is 11.8 Å². The first-order valence-electron chi connectivity index (χ1n) is 7.93. The Labute approximate surface area is 152 Å². The molecular weight excluding hydrogens is 340 g/mol. The minimum absolute atomic E-state index is 0.00460. The normalized spacial score (nSPS) is 10.2. The van der Waals surface area contributed by atoms with Gasteiger partial charge in [-0.25, -0.2) is 0 Å². The van der Waals surface area contributed by atoms with E-state index < -0.39 is 0 Å². The molecule has 0 saturated carbocycles. The maximum atomic E-state index is 12.3. The van der Waals surface area contributed by atoms with Crippen LogP contribution in [0.4, 0.5) is 5.69 Å². The maximum absolute atomic E-state index is 12.3. The van der Waals surface area contributed by atoms with Crippen molar-refractivity contribution in [3.05, 3.63) is 59.1 Å². The van der Waals surface area contributed by atoms with Gasteiger partial charge in [0.25, 0.3) is 0 Å². The standard InChI is InChI=1S/C19H21ClN2O3/c1-14(23)21-16-9-7-15(8-10-16)13-19(24)22(2)11-12-25-18-6-4-3-5-17(18)20/h3-10H,11-13H2,1-2H3,(H,21,23). The summed E-state index contributed by atoms with van der Waals surface area (Å²) < 4.78 is 5.59. The van der Waals surface area contributed by atoms with Crippen LogP contribution in [0.15, 0.2) is 48.5 Å². The summed E-state index contributed by atoms with van der Waals surface area (Å²) in [7, 11) is 1.74. The molecule has 0 fully saturated rings. The van der Waals surface area contributed by atoms with Crippen LogP contribution in [0.5, 0.6) is 5.75 Å². The van der Waals surface area contributed by atoms with E-state index in [9.17, 15) is 9.59 Å². The molecule has 0 heterocycles. The van der Waals surface area contributed by atoms with Crippen molar-refractivity contribution in [1.82, 2.24) is 4.90 Å². The lowest BCUT2D eigenvalue weighted by Crippen LogP contribution is -2.32. The van der Waals surface area contributed by atoms with Crippen LogP contribution in [0.1, 0.15) is 12.5 Å². The second-order valence-corrected chi connectivity index (χ2v) is 6.06. The fourth-order valence-electron chi connectivity index (χ4n) is 2.20. The number of hydrogen-bond acceptors (Lipinski definition) is 3. The number of ether oxygens (including phenoxy) is 1. The Bertz CT molecular complexity index is 732. The quantitative estimate of drug-likeness (QED) is 0.823. The van der Waals surface area contributed by atoms with Gasteiger partial charge < -0.3 is 15.0 Å². The van der Waals surface area contributed by atoms with Crippen LogP contribution >= 0.6 is 11.6 Å². The molecule has 2 aromatic rings. The van der Waals surface area contributed by atoms with Crippen LogP contribution in [-0.2, 0) is 16.0 Å². The minimum Gasteiger partial charge on any atom is -0.490 e. The molecule has 0 unspecified atom stereocenters. The number of benzene rings is 2. The first-order valence-corrected chi connectivity index (χ1v) is 8.31. The van der Waals surface area contributed by atoms with E-state index in [4.69, 9.17) is 16.3 Å². The van der Waals surface area contributed by atoms with Gasteiger partial charge >= 0.3 is 0 Å². The van der Waals surface area contributed by atoms with Crippen molar-refractivity contribution < 1.29 is 14.3 Å². The lowest BCUT2D eigenvalue weighted by Gasteiger charge is -2.18. The van der Waals surface area contributed by atoms with E-state index in [1.54, 1.807) is 36.2 Å². The molecule has 2 aromatic carbocycles. The number of nitrogens with zero attached hydrogens (tertiary/aromatic N) is 1. The van der Waals surface area contributed by atoms with Gasteiger partial charge in [-0.3, -0.25) is 9.59 Å². The third-order valence-corrected chi connectivity index (χ3v) is 3.89. The Balaban J connectivity index is 1.79. The fraction of sp³-hybridized carbons (Fsp3) is 0.263. The summed E-state index contributed by atoms with van der Waals surface area (Å²) >= 11 is 6.02. The van der Waals surface area contributed by atoms with Crippen molar-refractivity contribution >= 4 is 29.1 Å². The van der Waals surface area contributed by atoms with E-state index >= 15 is 0 Å². The average molecular weight is 361 g/mol. The number of likely N-dealkylation sites (N-methyl/N-ethyl adjacent to an activating group) is 1. The molecule has 1 N–H and O–H groups in total. The number of halogens is 1. The van der Waals surface area contributed by atoms with Gasteiger partial charge in [0.15, 0.2) is 0 Å². The monoisotopic (exact) mass is 360 g/mol. The first kappa shape index (κ1) is 18.8. The topological polar surface area (TPSA) is 58.6 Å². The molecule has 0 saturated heterocycles. The highest BCUT2D eigenvalue weighted by Gasteiger charge is 2.10. The summed E-state index contributed by atoms with van der Waals surface area (Å²) in [6, 6.07) is 14.5. The number of hydrogen-bond donors (Lipinski definition) is 1. The predicted molar refractivity (Wildman–Crippen MR) is 99.0 cm³/mol. The number of carbonyl (C=O) groups is 2. The third kappa shape index (κ3) is 6.12. The van der Waals surface area contributed by atoms with Crippen LogP contribution in [0.25, 0.3) is 0 Å². The summed E-state index contributed by atoms with van der Waals surface area (Å²) in [6.07, 6.45) is 0.295. The van der Waals surface area contributed by atoms with E-state index in [1.807, 2.05) is 24.3 Å². The molecule has 0 aliphatic rings. The van der Waals surface area contributed by atoms with E-state index in [0.29, 0.717) is 36.0 Å². The molecule has 2 amide bonds. The van der Waals surface area contributed by atoms with Gasteiger partial charge in [0.05, 0.1) is 18.0 Å². The zero-order chi connectivity index (χ0) is 18.2. The van der Waals surface area contributed by atoms with Crippen molar-refractivity contribution in [2.45, 2.75) is 13.3 Å². The summed E-state index contributed by atoms with van der Waals surface area (Å²) in [6.45, 7) is 2.29. The minimum atomic E-state index is -0.123. The molecule has 2 rings (SSSR count). The van der Waals surface area contributed by atoms with E-state index in [0.717, 1.165) is 5.56 Å². The Morgan fingerprint density at radius 1 is 1.12 bits per heavy atom. The lowest BCUT2D eigenvalue weighted by molar-refractivity contribution is -0.129. The van der Waals surface area contributed by atoms with Crippen molar-refractivity contribution in [2.24, 2.45) is 0 Å². The number of nitrogens with one attached hydrogen (secondary N) is 1. The summed E-state index contributed by atoms with van der Waals surface area (Å²) in [5, 5.41) is 3.25. The highest BCUT2D eigenvalue weighted by molar-refractivity contribution is 6.32. The molecule has 0 aromatic heterocycles. The molecule has 25 heavy (non-hydrogen) atoms. The second-order valence-electron chi connectivity index (χ2n) is 5.65. The van der Waals surface area contributed by atoms with Crippen LogP contribution in [0.2, 0.25) is 5.02 Å². The third-order valence-electron chi connectivity index (χ3n) is 3.58. The maximum Gasteiger partial charge on any atom is 0.226 e. The molecular formula is C19H21ClN2O3. The van der Waals surface area contributed by atoms with Gasteiger partial charge in [0, 0.05) is 19.7 Å². The van der Waals surface area contributed by atoms with Gasteiger partial charge in [-0.1, -0.05) is 35.9 Å².